The molecule has 1 aromatic carbocycles. The van der Waals surface area contributed by atoms with Crippen molar-refractivity contribution < 1.29 is 9.90 Å². The number of hydrogen-bond acceptors (Lipinski definition) is 2. The van der Waals surface area contributed by atoms with Gasteiger partial charge in [-0.3, -0.25) is 4.98 Å². The molecule has 1 heterocycles. The van der Waals surface area contributed by atoms with Crippen molar-refractivity contribution in [3.8, 4) is 11.3 Å². The van der Waals surface area contributed by atoms with Gasteiger partial charge >= 0.3 is 5.97 Å². The normalized spacial score (nSPS) is 10.3. The van der Waals surface area contributed by atoms with Crippen molar-refractivity contribution in [2.45, 2.75) is 20.3 Å². The summed E-state index contributed by atoms with van der Waals surface area (Å²) in [5, 5.41) is 9.05. The summed E-state index contributed by atoms with van der Waals surface area (Å²) in [6, 6.07) is 11.4. The van der Waals surface area contributed by atoms with Crippen LogP contribution >= 0.6 is 0 Å². The first-order valence-corrected chi connectivity index (χ1v) is 5.92. The summed E-state index contributed by atoms with van der Waals surface area (Å²) in [5.41, 5.74) is 3.93. The minimum atomic E-state index is -0.921. The molecular formula is C15H15NO2. The van der Waals surface area contributed by atoms with Crippen LogP contribution in [0.25, 0.3) is 11.3 Å². The fourth-order valence-electron chi connectivity index (χ4n) is 1.85. The zero-order valence-corrected chi connectivity index (χ0v) is 10.5. The summed E-state index contributed by atoms with van der Waals surface area (Å²) in [6.07, 6.45) is 0.612. The molecule has 3 nitrogen and oxygen atoms in total. The summed E-state index contributed by atoms with van der Waals surface area (Å²) in [4.78, 5) is 15.5. The average Bonchev–Trinajstić information content (AvgIpc) is 2.38. The molecule has 0 atom stereocenters. The Bertz CT molecular complexity index is 574. The van der Waals surface area contributed by atoms with E-state index in [1.165, 1.54) is 5.56 Å². The van der Waals surface area contributed by atoms with Gasteiger partial charge in [0.2, 0.25) is 0 Å². The van der Waals surface area contributed by atoms with Gasteiger partial charge in [0.1, 0.15) is 0 Å². The molecular weight excluding hydrogens is 226 g/mol. The summed E-state index contributed by atoms with van der Waals surface area (Å²) >= 11 is 0. The average molecular weight is 241 g/mol. The van der Waals surface area contributed by atoms with Gasteiger partial charge in [0, 0.05) is 5.56 Å². The molecule has 18 heavy (non-hydrogen) atoms. The van der Waals surface area contributed by atoms with Crippen LogP contribution in [-0.2, 0) is 6.42 Å². The molecule has 0 saturated carbocycles. The lowest BCUT2D eigenvalue weighted by Gasteiger charge is -2.07. The Kier molecular flexibility index (Phi) is 3.42. The van der Waals surface area contributed by atoms with Gasteiger partial charge < -0.3 is 5.11 Å². The standard InChI is InChI=1S/C15H15NO2/c1-3-13-12(15(17)18)8-9-14(16-13)11-6-4-10(2)5-7-11/h4-9H,3H2,1-2H3,(H,17,18). The summed E-state index contributed by atoms with van der Waals surface area (Å²) in [5.74, 6) is -0.921. The van der Waals surface area contributed by atoms with Gasteiger partial charge in [-0.1, -0.05) is 36.8 Å². The van der Waals surface area contributed by atoms with Crippen LogP contribution in [0.5, 0.6) is 0 Å². The van der Waals surface area contributed by atoms with Crippen LogP contribution in [0, 0.1) is 6.92 Å². The maximum Gasteiger partial charge on any atom is 0.337 e. The monoisotopic (exact) mass is 241 g/mol. The van der Waals surface area contributed by atoms with Crippen LogP contribution in [0.2, 0.25) is 0 Å². The molecule has 0 bridgehead atoms. The second kappa shape index (κ2) is 5.00. The number of benzene rings is 1. The molecule has 3 heteroatoms. The van der Waals surface area contributed by atoms with Crippen LogP contribution in [0.15, 0.2) is 36.4 Å². The Labute approximate surface area is 106 Å². The molecule has 92 valence electrons. The predicted octanol–water partition coefficient (Wildman–Crippen LogP) is 3.32. The van der Waals surface area contributed by atoms with E-state index in [4.69, 9.17) is 5.11 Å². The molecule has 0 saturated heterocycles. The molecule has 1 N–H and O–H groups in total. The van der Waals surface area contributed by atoms with E-state index in [2.05, 4.69) is 4.98 Å². The van der Waals surface area contributed by atoms with Gasteiger partial charge in [0.15, 0.2) is 0 Å². The summed E-state index contributed by atoms with van der Waals surface area (Å²) in [6.45, 7) is 3.94. The van der Waals surface area contributed by atoms with Gasteiger partial charge in [-0.05, 0) is 25.5 Å². The number of pyridine rings is 1. The molecule has 0 aliphatic carbocycles. The van der Waals surface area contributed by atoms with E-state index >= 15 is 0 Å². The van der Waals surface area contributed by atoms with Gasteiger partial charge in [-0.2, -0.15) is 0 Å². The molecule has 0 aliphatic heterocycles. The highest BCUT2D eigenvalue weighted by atomic mass is 16.4. The maximum absolute atomic E-state index is 11.0. The highest BCUT2D eigenvalue weighted by Crippen LogP contribution is 2.20. The highest BCUT2D eigenvalue weighted by Gasteiger charge is 2.11. The van der Waals surface area contributed by atoms with Crippen LogP contribution < -0.4 is 0 Å². The zero-order valence-electron chi connectivity index (χ0n) is 10.5. The van der Waals surface area contributed by atoms with Crippen molar-refractivity contribution in [1.82, 2.24) is 4.98 Å². The van der Waals surface area contributed by atoms with Gasteiger partial charge in [0.05, 0.1) is 17.0 Å². The maximum atomic E-state index is 11.0. The fourth-order valence-corrected chi connectivity index (χ4v) is 1.85. The number of hydrogen-bond donors (Lipinski definition) is 1. The van der Waals surface area contributed by atoms with Crippen molar-refractivity contribution in [3.63, 3.8) is 0 Å². The van der Waals surface area contributed by atoms with Crippen LogP contribution in [0.4, 0.5) is 0 Å². The third kappa shape index (κ3) is 2.40. The molecule has 0 aliphatic rings. The number of carboxylic acid groups (broad SMARTS) is 1. The quantitative estimate of drug-likeness (QED) is 0.896. The second-order valence-corrected chi connectivity index (χ2v) is 4.22. The Morgan fingerprint density at radius 3 is 2.39 bits per heavy atom. The van der Waals surface area contributed by atoms with E-state index in [-0.39, 0.29) is 5.56 Å². The molecule has 2 rings (SSSR count). The van der Waals surface area contributed by atoms with Gasteiger partial charge in [0.25, 0.3) is 0 Å². The molecule has 0 fully saturated rings. The van der Waals surface area contributed by atoms with Crippen LogP contribution in [0.1, 0.15) is 28.5 Å². The second-order valence-electron chi connectivity index (χ2n) is 4.22. The SMILES string of the molecule is CCc1nc(-c2ccc(C)cc2)ccc1C(=O)O. The van der Waals surface area contributed by atoms with Crippen molar-refractivity contribution in [1.29, 1.82) is 0 Å². The van der Waals surface area contributed by atoms with Crippen molar-refractivity contribution in [3.05, 3.63) is 53.2 Å². The first kappa shape index (κ1) is 12.3. The largest absolute Gasteiger partial charge is 0.478 e. The van der Waals surface area contributed by atoms with E-state index in [1.54, 1.807) is 12.1 Å². The molecule has 0 unspecified atom stereocenters. The molecule has 2 aromatic rings. The van der Waals surface area contributed by atoms with E-state index in [1.807, 2.05) is 38.1 Å². The highest BCUT2D eigenvalue weighted by molar-refractivity contribution is 5.89. The van der Waals surface area contributed by atoms with Crippen molar-refractivity contribution in [2.24, 2.45) is 0 Å². The minimum Gasteiger partial charge on any atom is -0.478 e. The Balaban J connectivity index is 2.47. The predicted molar refractivity (Wildman–Crippen MR) is 70.7 cm³/mol. The number of carboxylic acids is 1. The van der Waals surface area contributed by atoms with E-state index < -0.39 is 5.97 Å². The van der Waals surface area contributed by atoms with E-state index in [0.717, 1.165) is 11.3 Å². The zero-order chi connectivity index (χ0) is 13.1. The third-order valence-corrected chi connectivity index (χ3v) is 2.89. The lowest BCUT2D eigenvalue weighted by molar-refractivity contribution is 0.0695. The van der Waals surface area contributed by atoms with Crippen LogP contribution in [-0.4, -0.2) is 16.1 Å². The van der Waals surface area contributed by atoms with Crippen LogP contribution in [0.3, 0.4) is 0 Å². The van der Waals surface area contributed by atoms with E-state index in [0.29, 0.717) is 12.1 Å². The first-order valence-electron chi connectivity index (χ1n) is 5.92. The minimum absolute atomic E-state index is 0.286. The molecule has 0 amide bonds. The lowest BCUT2D eigenvalue weighted by atomic mass is 10.1. The van der Waals surface area contributed by atoms with Crippen molar-refractivity contribution in [2.75, 3.05) is 0 Å². The third-order valence-electron chi connectivity index (χ3n) is 2.89. The fraction of sp³-hybridized carbons (Fsp3) is 0.200. The number of aromatic carboxylic acids is 1. The van der Waals surface area contributed by atoms with Gasteiger partial charge in [-0.15, -0.1) is 0 Å². The number of nitrogens with zero attached hydrogens (tertiary/aromatic N) is 1. The summed E-state index contributed by atoms with van der Waals surface area (Å²) < 4.78 is 0. The molecule has 0 radical (unpaired) electrons. The Hall–Kier alpha value is -2.16. The topological polar surface area (TPSA) is 50.2 Å². The molecule has 0 spiro atoms. The summed E-state index contributed by atoms with van der Waals surface area (Å²) in [7, 11) is 0. The first-order chi connectivity index (χ1) is 8.61. The number of rotatable bonds is 3. The Morgan fingerprint density at radius 2 is 1.83 bits per heavy atom. The lowest BCUT2D eigenvalue weighted by Crippen LogP contribution is -2.04. The smallest absolute Gasteiger partial charge is 0.337 e. The van der Waals surface area contributed by atoms with E-state index in [9.17, 15) is 4.79 Å². The number of aryl methyl sites for hydroxylation is 2. The Morgan fingerprint density at radius 1 is 1.17 bits per heavy atom. The number of carbonyl (C=O) groups is 1. The molecule has 1 aromatic heterocycles. The van der Waals surface area contributed by atoms with Crippen molar-refractivity contribution >= 4 is 5.97 Å². The van der Waals surface area contributed by atoms with Gasteiger partial charge in [-0.25, -0.2) is 4.79 Å². The number of aromatic nitrogens is 1.